The van der Waals surface area contributed by atoms with Crippen LogP contribution in [0.2, 0.25) is 0 Å². The lowest BCUT2D eigenvalue weighted by Gasteiger charge is -2.54. The quantitative estimate of drug-likeness (QED) is 0.830. The predicted octanol–water partition coefficient (Wildman–Crippen LogP) is 4.73. The van der Waals surface area contributed by atoms with Crippen molar-refractivity contribution in [2.75, 3.05) is 11.9 Å². The van der Waals surface area contributed by atoms with Crippen LogP contribution < -0.4 is 5.32 Å². The Morgan fingerprint density at radius 3 is 2.65 bits per heavy atom. The molecule has 0 aliphatic heterocycles. The molecule has 0 amide bonds. The van der Waals surface area contributed by atoms with Crippen LogP contribution in [0.5, 0.6) is 0 Å². The fourth-order valence-electron chi connectivity index (χ4n) is 2.83. The number of halogens is 3. The van der Waals surface area contributed by atoms with Crippen LogP contribution >= 0.6 is 15.9 Å². The van der Waals surface area contributed by atoms with Crippen molar-refractivity contribution >= 4 is 21.6 Å². The second-order valence-electron chi connectivity index (χ2n) is 5.48. The van der Waals surface area contributed by atoms with Gasteiger partial charge in [0.15, 0.2) is 0 Å². The van der Waals surface area contributed by atoms with Crippen LogP contribution in [0.4, 0.5) is 14.5 Å². The van der Waals surface area contributed by atoms with E-state index in [-0.39, 0.29) is 17.6 Å². The molecule has 2 rings (SSSR count). The van der Waals surface area contributed by atoms with Gasteiger partial charge in [-0.15, -0.1) is 0 Å². The first-order valence-corrected chi connectivity index (χ1v) is 7.74. The standard InChI is InChI=1S/C15H20BrF2NO/c1-4-15(3)12(8-13(15)20-5-2)19-14-10(16)6-9(17)7-11(14)18/h6-7,12-13,19H,4-5,8H2,1-3H3. The molecule has 112 valence electrons. The van der Waals surface area contributed by atoms with E-state index < -0.39 is 11.6 Å². The van der Waals surface area contributed by atoms with Crippen molar-refractivity contribution in [3.05, 3.63) is 28.2 Å². The Morgan fingerprint density at radius 2 is 2.10 bits per heavy atom. The highest BCUT2D eigenvalue weighted by Crippen LogP contribution is 2.48. The normalized spacial score (nSPS) is 29.1. The van der Waals surface area contributed by atoms with Crippen molar-refractivity contribution in [3.8, 4) is 0 Å². The molecular formula is C15H20BrF2NO. The molecule has 1 fully saturated rings. The highest BCUT2D eigenvalue weighted by molar-refractivity contribution is 9.10. The van der Waals surface area contributed by atoms with Gasteiger partial charge in [0.05, 0.1) is 11.8 Å². The van der Waals surface area contributed by atoms with Gasteiger partial charge < -0.3 is 10.1 Å². The van der Waals surface area contributed by atoms with Crippen LogP contribution in [-0.4, -0.2) is 18.8 Å². The molecule has 20 heavy (non-hydrogen) atoms. The third kappa shape index (κ3) is 2.70. The zero-order valence-electron chi connectivity index (χ0n) is 12.0. The number of rotatable bonds is 5. The van der Waals surface area contributed by atoms with Crippen molar-refractivity contribution < 1.29 is 13.5 Å². The van der Waals surface area contributed by atoms with E-state index >= 15 is 0 Å². The second kappa shape index (κ2) is 5.98. The third-order valence-electron chi connectivity index (χ3n) is 4.44. The Balaban J connectivity index is 2.16. The van der Waals surface area contributed by atoms with Crippen molar-refractivity contribution in [1.29, 1.82) is 0 Å². The summed E-state index contributed by atoms with van der Waals surface area (Å²) in [6.07, 6.45) is 1.97. The third-order valence-corrected chi connectivity index (χ3v) is 5.06. The molecule has 3 unspecified atom stereocenters. The average Bonchev–Trinajstić information content (AvgIpc) is 2.39. The summed E-state index contributed by atoms with van der Waals surface area (Å²) in [6, 6.07) is 2.29. The van der Waals surface area contributed by atoms with Crippen LogP contribution in [0.3, 0.4) is 0 Å². The molecule has 0 saturated heterocycles. The summed E-state index contributed by atoms with van der Waals surface area (Å²) < 4.78 is 33.1. The summed E-state index contributed by atoms with van der Waals surface area (Å²) >= 11 is 3.21. The second-order valence-corrected chi connectivity index (χ2v) is 6.33. The average molecular weight is 348 g/mol. The number of anilines is 1. The lowest BCUT2D eigenvalue weighted by Crippen LogP contribution is -2.59. The molecule has 0 bridgehead atoms. The van der Waals surface area contributed by atoms with E-state index in [1.54, 1.807) is 0 Å². The molecule has 0 heterocycles. The van der Waals surface area contributed by atoms with Crippen LogP contribution in [0, 0.1) is 17.0 Å². The molecule has 0 spiro atoms. The first-order chi connectivity index (χ1) is 9.42. The van der Waals surface area contributed by atoms with E-state index in [4.69, 9.17) is 4.74 Å². The maximum atomic E-state index is 13.9. The lowest BCUT2D eigenvalue weighted by molar-refractivity contribution is -0.109. The number of hydrogen-bond acceptors (Lipinski definition) is 2. The van der Waals surface area contributed by atoms with Crippen molar-refractivity contribution in [2.45, 2.75) is 45.8 Å². The molecule has 5 heteroatoms. The van der Waals surface area contributed by atoms with Crippen LogP contribution in [0.15, 0.2) is 16.6 Å². The van der Waals surface area contributed by atoms with Gasteiger partial charge in [-0.2, -0.15) is 0 Å². The molecule has 1 aromatic rings. The van der Waals surface area contributed by atoms with Gasteiger partial charge >= 0.3 is 0 Å². The van der Waals surface area contributed by atoms with Gasteiger partial charge in [-0.05, 0) is 41.8 Å². The predicted molar refractivity (Wildman–Crippen MR) is 79.9 cm³/mol. The van der Waals surface area contributed by atoms with E-state index in [9.17, 15) is 8.78 Å². The number of hydrogen-bond donors (Lipinski definition) is 1. The molecule has 3 atom stereocenters. The van der Waals surface area contributed by atoms with Gasteiger partial charge in [0.2, 0.25) is 0 Å². The summed E-state index contributed by atoms with van der Waals surface area (Å²) in [4.78, 5) is 0. The lowest BCUT2D eigenvalue weighted by atomic mass is 9.61. The number of ether oxygens (including phenoxy) is 1. The van der Waals surface area contributed by atoms with Gasteiger partial charge in [-0.25, -0.2) is 8.78 Å². The Hall–Kier alpha value is -0.680. The smallest absolute Gasteiger partial charge is 0.150 e. The summed E-state index contributed by atoms with van der Waals surface area (Å²) in [6.45, 7) is 6.91. The largest absolute Gasteiger partial charge is 0.378 e. The van der Waals surface area contributed by atoms with Crippen LogP contribution in [-0.2, 0) is 4.74 Å². The Labute approximate surface area is 127 Å². The summed E-state index contributed by atoms with van der Waals surface area (Å²) in [7, 11) is 0. The summed E-state index contributed by atoms with van der Waals surface area (Å²) in [5.41, 5.74) is 0.294. The minimum atomic E-state index is -0.584. The van der Waals surface area contributed by atoms with Gasteiger partial charge in [0, 0.05) is 28.6 Å². The van der Waals surface area contributed by atoms with Gasteiger partial charge in [0.1, 0.15) is 11.6 Å². The molecule has 0 radical (unpaired) electrons. The fourth-order valence-corrected chi connectivity index (χ4v) is 3.35. The van der Waals surface area contributed by atoms with E-state index in [1.807, 2.05) is 6.92 Å². The van der Waals surface area contributed by atoms with Crippen LogP contribution in [0.1, 0.15) is 33.6 Å². The minimum Gasteiger partial charge on any atom is -0.378 e. The SMILES string of the molecule is CCOC1CC(Nc2c(F)cc(F)cc2Br)C1(C)CC. The van der Waals surface area contributed by atoms with Gasteiger partial charge in [-0.1, -0.05) is 13.8 Å². The highest BCUT2D eigenvalue weighted by Gasteiger charge is 2.51. The van der Waals surface area contributed by atoms with Crippen molar-refractivity contribution in [2.24, 2.45) is 5.41 Å². The zero-order chi connectivity index (χ0) is 14.9. The monoisotopic (exact) mass is 347 g/mol. The molecule has 2 nitrogen and oxygen atoms in total. The Morgan fingerprint density at radius 1 is 1.40 bits per heavy atom. The Bertz CT molecular complexity index is 474. The maximum absolute atomic E-state index is 13.9. The topological polar surface area (TPSA) is 21.3 Å². The number of benzene rings is 1. The Kier molecular flexibility index (Phi) is 4.69. The van der Waals surface area contributed by atoms with E-state index in [0.717, 1.165) is 18.9 Å². The van der Waals surface area contributed by atoms with Gasteiger partial charge in [0.25, 0.3) is 0 Å². The van der Waals surface area contributed by atoms with Crippen molar-refractivity contribution in [1.82, 2.24) is 0 Å². The van der Waals surface area contributed by atoms with E-state index in [2.05, 4.69) is 35.1 Å². The number of nitrogens with one attached hydrogen (secondary N) is 1. The summed E-state index contributed by atoms with van der Waals surface area (Å²) in [5.74, 6) is -1.16. The molecule has 1 aliphatic carbocycles. The summed E-state index contributed by atoms with van der Waals surface area (Å²) in [5, 5.41) is 3.20. The fraction of sp³-hybridized carbons (Fsp3) is 0.600. The van der Waals surface area contributed by atoms with E-state index in [1.165, 1.54) is 6.07 Å². The highest BCUT2D eigenvalue weighted by atomic mass is 79.9. The minimum absolute atomic E-state index is 0.0315. The van der Waals surface area contributed by atoms with Crippen LogP contribution in [0.25, 0.3) is 0 Å². The molecule has 0 aromatic heterocycles. The molecule has 1 N–H and O–H groups in total. The molecule has 1 saturated carbocycles. The first-order valence-electron chi connectivity index (χ1n) is 6.95. The van der Waals surface area contributed by atoms with E-state index in [0.29, 0.717) is 16.8 Å². The molecule has 1 aliphatic rings. The zero-order valence-corrected chi connectivity index (χ0v) is 13.6. The maximum Gasteiger partial charge on any atom is 0.150 e. The van der Waals surface area contributed by atoms with Gasteiger partial charge in [-0.3, -0.25) is 0 Å². The molecule has 1 aromatic carbocycles. The molecular weight excluding hydrogens is 328 g/mol. The van der Waals surface area contributed by atoms with Crippen molar-refractivity contribution in [3.63, 3.8) is 0 Å². The first kappa shape index (κ1) is 15.7.